The van der Waals surface area contributed by atoms with Crippen LogP contribution < -0.4 is 16.6 Å². The van der Waals surface area contributed by atoms with Crippen LogP contribution in [0, 0.1) is 0 Å². The number of nitrogens with one attached hydrogen (secondary N) is 2. The zero-order valence-corrected chi connectivity index (χ0v) is 22.3. The molecule has 0 spiro atoms. The smallest absolute Gasteiger partial charge is 0.328 e. The fourth-order valence-electron chi connectivity index (χ4n) is 5.06. The third-order valence-electron chi connectivity index (χ3n) is 6.81. The highest BCUT2D eigenvalue weighted by Crippen LogP contribution is 2.36. The van der Waals surface area contributed by atoms with Crippen molar-refractivity contribution in [1.82, 2.24) is 34.0 Å². The molecule has 1 saturated heterocycles. The largest absolute Gasteiger partial charge is 0.344 e. The maximum Gasteiger partial charge on any atom is 0.328 e. The molecule has 4 aromatic heterocycles. The van der Waals surface area contributed by atoms with Crippen molar-refractivity contribution in [2.24, 2.45) is 0 Å². The minimum Gasteiger partial charge on any atom is -0.344 e. The summed E-state index contributed by atoms with van der Waals surface area (Å²) in [4.78, 5) is 31.4. The SMILES string of the molecule is Cl.O=c1cc[nH]c(=O)n1Cc1cc2c(-c3cc(Cl)cc4ccn(CC5(F)CCNCC5)c34)nc(Cl)nn2c1. The third-order valence-corrected chi connectivity index (χ3v) is 7.19. The minimum atomic E-state index is -1.33. The maximum absolute atomic E-state index is 15.7. The van der Waals surface area contributed by atoms with Crippen LogP contribution in [0.1, 0.15) is 18.4 Å². The van der Waals surface area contributed by atoms with Crippen molar-refractivity contribution < 1.29 is 4.39 Å². The topological polar surface area (TPSA) is 102 Å². The van der Waals surface area contributed by atoms with Crippen molar-refractivity contribution in [3.63, 3.8) is 0 Å². The second-order valence-corrected chi connectivity index (χ2v) is 10.1. The summed E-state index contributed by atoms with van der Waals surface area (Å²) in [7, 11) is 0. The Kier molecular flexibility index (Phi) is 7.08. The Morgan fingerprint density at radius 1 is 1.11 bits per heavy atom. The Morgan fingerprint density at radius 3 is 2.66 bits per heavy atom. The van der Waals surface area contributed by atoms with E-state index in [-0.39, 0.29) is 30.8 Å². The molecule has 0 atom stereocenters. The van der Waals surface area contributed by atoms with Crippen LogP contribution in [0.2, 0.25) is 10.3 Å². The van der Waals surface area contributed by atoms with E-state index in [1.54, 1.807) is 22.8 Å². The van der Waals surface area contributed by atoms with Crippen molar-refractivity contribution in [2.45, 2.75) is 31.6 Å². The standard InChI is InChI=1S/C25H22Cl2FN7O2.ClH/c26-17-10-16-2-8-33(14-25(28)3-6-29-7-4-25)22(16)18(11-17)21-19-9-15(13-35(19)32-23(27)31-21)12-34-20(36)1-5-30-24(34)37;/h1-2,5,8-11,13,29H,3-4,6-7,12,14H2,(H,30,37);1H. The number of fused-ring (bicyclic) bond motifs is 2. The van der Waals surface area contributed by atoms with Crippen LogP contribution in [0.3, 0.4) is 0 Å². The van der Waals surface area contributed by atoms with Crippen LogP contribution in [-0.2, 0) is 13.1 Å². The number of aromatic nitrogens is 6. The first-order chi connectivity index (χ1) is 17.8. The number of H-pyrrole nitrogens is 1. The molecule has 2 N–H and O–H groups in total. The Morgan fingerprint density at radius 2 is 1.89 bits per heavy atom. The number of hydrogen-bond acceptors (Lipinski definition) is 5. The van der Waals surface area contributed by atoms with Gasteiger partial charge in [-0.05, 0) is 67.4 Å². The first kappa shape index (κ1) is 26.4. The number of benzene rings is 1. The highest BCUT2D eigenvalue weighted by molar-refractivity contribution is 6.32. The van der Waals surface area contributed by atoms with Gasteiger partial charge in [-0.1, -0.05) is 11.6 Å². The van der Waals surface area contributed by atoms with Crippen molar-refractivity contribution in [1.29, 1.82) is 0 Å². The first-order valence-corrected chi connectivity index (χ1v) is 12.6. The van der Waals surface area contributed by atoms with E-state index in [2.05, 4.69) is 20.4 Å². The van der Waals surface area contributed by atoms with Crippen LogP contribution in [-0.4, -0.2) is 47.5 Å². The van der Waals surface area contributed by atoms with Gasteiger partial charge in [-0.3, -0.25) is 9.36 Å². The molecule has 198 valence electrons. The molecular weight excluding hydrogens is 556 g/mol. The summed E-state index contributed by atoms with van der Waals surface area (Å²) in [6.07, 6.45) is 5.73. The lowest BCUT2D eigenvalue weighted by atomic mass is 9.94. The molecule has 5 aromatic rings. The van der Waals surface area contributed by atoms with E-state index >= 15 is 4.39 Å². The Bertz CT molecular complexity index is 1740. The predicted octanol–water partition coefficient (Wildman–Crippen LogP) is 4.07. The quantitative estimate of drug-likeness (QED) is 0.327. The predicted molar refractivity (Wildman–Crippen MR) is 148 cm³/mol. The summed E-state index contributed by atoms with van der Waals surface area (Å²) < 4.78 is 20.2. The molecule has 0 radical (unpaired) electrons. The van der Waals surface area contributed by atoms with Gasteiger partial charge in [0.05, 0.1) is 24.1 Å². The number of alkyl halides is 1. The molecule has 1 aliphatic rings. The van der Waals surface area contributed by atoms with Crippen LogP contribution >= 0.6 is 35.6 Å². The lowest BCUT2D eigenvalue weighted by Crippen LogP contribution is -2.41. The van der Waals surface area contributed by atoms with E-state index in [1.165, 1.54) is 12.3 Å². The molecule has 0 bridgehead atoms. The molecule has 0 aliphatic carbocycles. The van der Waals surface area contributed by atoms with E-state index in [0.29, 0.717) is 53.3 Å². The monoisotopic (exact) mass is 577 g/mol. The van der Waals surface area contributed by atoms with Crippen LogP contribution in [0.25, 0.3) is 27.7 Å². The normalized spacial score (nSPS) is 15.1. The van der Waals surface area contributed by atoms with E-state index in [0.717, 1.165) is 15.5 Å². The molecule has 13 heteroatoms. The van der Waals surface area contributed by atoms with Gasteiger partial charge in [-0.15, -0.1) is 17.5 Å². The Hall–Kier alpha value is -3.18. The number of nitrogens with zero attached hydrogens (tertiary/aromatic N) is 5. The van der Waals surface area contributed by atoms with Gasteiger partial charge in [0.15, 0.2) is 0 Å². The highest BCUT2D eigenvalue weighted by atomic mass is 35.5. The molecular formula is C25H23Cl3FN7O2. The number of piperidine rings is 1. The van der Waals surface area contributed by atoms with Crippen molar-refractivity contribution in [3.8, 4) is 11.3 Å². The summed E-state index contributed by atoms with van der Waals surface area (Å²) >= 11 is 12.8. The van der Waals surface area contributed by atoms with Gasteiger partial charge in [0.2, 0.25) is 5.28 Å². The lowest BCUT2D eigenvalue weighted by Gasteiger charge is -2.30. The van der Waals surface area contributed by atoms with E-state index in [1.807, 2.05) is 22.9 Å². The summed E-state index contributed by atoms with van der Waals surface area (Å²) in [5.41, 5.74) is 0.969. The van der Waals surface area contributed by atoms with E-state index in [9.17, 15) is 9.59 Å². The van der Waals surface area contributed by atoms with Crippen molar-refractivity contribution in [2.75, 3.05) is 13.1 Å². The highest BCUT2D eigenvalue weighted by Gasteiger charge is 2.32. The summed E-state index contributed by atoms with van der Waals surface area (Å²) in [5, 5.41) is 8.84. The fourth-order valence-corrected chi connectivity index (χ4v) is 5.45. The van der Waals surface area contributed by atoms with Crippen molar-refractivity contribution >= 4 is 52.0 Å². The van der Waals surface area contributed by atoms with Crippen LogP contribution in [0.4, 0.5) is 4.39 Å². The van der Waals surface area contributed by atoms with Crippen LogP contribution in [0.5, 0.6) is 0 Å². The average Bonchev–Trinajstić information content (AvgIpc) is 3.44. The number of halogens is 4. The first-order valence-electron chi connectivity index (χ1n) is 11.8. The molecule has 0 unspecified atom stereocenters. The van der Waals surface area contributed by atoms with Gasteiger partial charge in [0.1, 0.15) is 11.4 Å². The molecule has 6 rings (SSSR count). The Labute approximate surface area is 231 Å². The van der Waals surface area contributed by atoms with Gasteiger partial charge < -0.3 is 14.9 Å². The van der Waals surface area contributed by atoms with Gasteiger partial charge in [0, 0.05) is 40.6 Å². The van der Waals surface area contributed by atoms with E-state index in [4.69, 9.17) is 23.2 Å². The van der Waals surface area contributed by atoms with Gasteiger partial charge in [0.25, 0.3) is 5.56 Å². The minimum absolute atomic E-state index is 0. The molecule has 0 amide bonds. The number of aromatic amines is 1. The second-order valence-electron chi connectivity index (χ2n) is 9.35. The lowest BCUT2D eigenvalue weighted by molar-refractivity contribution is 0.0955. The van der Waals surface area contributed by atoms with E-state index < -0.39 is 16.9 Å². The average molecular weight is 579 g/mol. The number of hydrogen-bond donors (Lipinski definition) is 2. The summed E-state index contributed by atoms with van der Waals surface area (Å²) in [6, 6.07) is 8.62. The maximum atomic E-state index is 15.7. The van der Waals surface area contributed by atoms with Gasteiger partial charge >= 0.3 is 5.69 Å². The second kappa shape index (κ2) is 10.2. The third kappa shape index (κ3) is 4.84. The molecule has 38 heavy (non-hydrogen) atoms. The zero-order valence-electron chi connectivity index (χ0n) is 20.0. The molecule has 1 aromatic carbocycles. The Balaban J connectivity index is 0.00000294. The molecule has 5 heterocycles. The number of rotatable bonds is 5. The molecule has 9 nitrogen and oxygen atoms in total. The molecule has 0 saturated carbocycles. The van der Waals surface area contributed by atoms with Crippen LogP contribution in [0.15, 0.2) is 58.5 Å². The summed E-state index contributed by atoms with van der Waals surface area (Å²) in [5.74, 6) is 0. The van der Waals surface area contributed by atoms with Crippen molar-refractivity contribution in [3.05, 3.63) is 85.6 Å². The zero-order chi connectivity index (χ0) is 25.7. The fraction of sp³-hybridized carbons (Fsp3) is 0.280. The van der Waals surface area contributed by atoms with Gasteiger partial charge in [-0.25, -0.2) is 18.7 Å². The van der Waals surface area contributed by atoms with Gasteiger partial charge in [-0.2, -0.15) is 0 Å². The summed E-state index contributed by atoms with van der Waals surface area (Å²) in [6.45, 7) is 1.51. The molecule has 1 aliphatic heterocycles. The molecule has 1 fully saturated rings.